The molecule has 1 fully saturated rings. The first-order chi connectivity index (χ1) is 7.40. The molecule has 0 unspecified atom stereocenters. The largest absolute Gasteiger partial charge is 0.465 e. The van der Waals surface area contributed by atoms with E-state index in [2.05, 4.69) is 6.08 Å². The maximum absolute atomic E-state index is 5.81. The molecule has 2 nitrogen and oxygen atoms in total. The van der Waals surface area contributed by atoms with Gasteiger partial charge in [0.05, 0.1) is 6.26 Å². The van der Waals surface area contributed by atoms with Crippen LogP contribution < -0.4 is 5.73 Å². The zero-order valence-corrected chi connectivity index (χ0v) is 9.11. The van der Waals surface area contributed by atoms with Crippen molar-refractivity contribution in [3.8, 4) is 0 Å². The summed E-state index contributed by atoms with van der Waals surface area (Å²) in [6.45, 7) is 0.658. The van der Waals surface area contributed by atoms with E-state index < -0.39 is 0 Å². The van der Waals surface area contributed by atoms with Gasteiger partial charge < -0.3 is 10.2 Å². The van der Waals surface area contributed by atoms with E-state index in [0.717, 1.165) is 5.76 Å². The lowest BCUT2D eigenvalue weighted by molar-refractivity contribution is 0.401. The van der Waals surface area contributed by atoms with Gasteiger partial charge in [0.25, 0.3) is 0 Å². The molecule has 0 radical (unpaired) electrons. The first kappa shape index (κ1) is 10.5. The minimum Gasteiger partial charge on any atom is -0.465 e. The van der Waals surface area contributed by atoms with Crippen LogP contribution in [0, 0.1) is 5.92 Å². The third-order valence-electron chi connectivity index (χ3n) is 3.24. The molecule has 1 aromatic heterocycles. The number of furan rings is 1. The summed E-state index contributed by atoms with van der Waals surface area (Å²) in [5.41, 5.74) is 7.16. The lowest BCUT2D eigenvalue weighted by Gasteiger charge is -2.23. The lowest BCUT2D eigenvalue weighted by atomic mass is 9.83. The van der Waals surface area contributed by atoms with Crippen LogP contribution in [0.3, 0.4) is 0 Å². The SMILES string of the molecule is NCC(=Cc1ccco1)C1CCCCC1. The van der Waals surface area contributed by atoms with Crippen molar-refractivity contribution in [2.75, 3.05) is 6.54 Å². The summed E-state index contributed by atoms with van der Waals surface area (Å²) >= 11 is 0. The maximum Gasteiger partial charge on any atom is 0.126 e. The molecule has 1 aliphatic rings. The summed E-state index contributed by atoms with van der Waals surface area (Å²) in [4.78, 5) is 0. The van der Waals surface area contributed by atoms with Crippen molar-refractivity contribution in [3.63, 3.8) is 0 Å². The van der Waals surface area contributed by atoms with Gasteiger partial charge in [-0.05, 0) is 42.5 Å². The Morgan fingerprint density at radius 1 is 1.40 bits per heavy atom. The molecule has 0 spiro atoms. The summed E-state index contributed by atoms with van der Waals surface area (Å²) < 4.78 is 5.32. The van der Waals surface area contributed by atoms with Gasteiger partial charge in [0.2, 0.25) is 0 Å². The fourth-order valence-corrected chi connectivity index (χ4v) is 2.37. The van der Waals surface area contributed by atoms with E-state index in [0.29, 0.717) is 12.5 Å². The molecular weight excluding hydrogens is 186 g/mol. The minimum atomic E-state index is 0.658. The predicted octanol–water partition coefficient (Wildman–Crippen LogP) is 3.20. The molecule has 0 bridgehead atoms. The van der Waals surface area contributed by atoms with E-state index in [-0.39, 0.29) is 0 Å². The second-order valence-electron chi connectivity index (χ2n) is 4.27. The van der Waals surface area contributed by atoms with E-state index in [1.165, 1.54) is 37.7 Å². The molecule has 0 amide bonds. The van der Waals surface area contributed by atoms with Gasteiger partial charge >= 0.3 is 0 Å². The maximum atomic E-state index is 5.81. The highest BCUT2D eigenvalue weighted by Crippen LogP contribution is 2.30. The molecule has 1 aliphatic carbocycles. The number of nitrogens with two attached hydrogens (primary N) is 1. The average molecular weight is 205 g/mol. The van der Waals surface area contributed by atoms with Crippen LogP contribution in [-0.2, 0) is 0 Å². The van der Waals surface area contributed by atoms with E-state index in [1.807, 2.05) is 12.1 Å². The average Bonchev–Trinajstić information content (AvgIpc) is 2.80. The van der Waals surface area contributed by atoms with Gasteiger partial charge in [0.15, 0.2) is 0 Å². The van der Waals surface area contributed by atoms with Crippen LogP contribution in [0.2, 0.25) is 0 Å². The normalized spacial score (nSPS) is 19.4. The van der Waals surface area contributed by atoms with Crippen LogP contribution in [0.25, 0.3) is 6.08 Å². The zero-order chi connectivity index (χ0) is 10.5. The van der Waals surface area contributed by atoms with E-state index in [4.69, 9.17) is 10.2 Å². The quantitative estimate of drug-likeness (QED) is 0.823. The van der Waals surface area contributed by atoms with Crippen molar-refractivity contribution in [3.05, 3.63) is 29.7 Å². The molecule has 2 rings (SSSR count). The Labute approximate surface area is 91.2 Å². The summed E-state index contributed by atoms with van der Waals surface area (Å²) in [6, 6.07) is 3.90. The van der Waals surface area contributed by atoms with Gasteiger partial charge in [-0.15, -0.1) is 0 Å². The Morgan fingerprint density at radius 3 is 2.80 bits per heavy atom. The summed E-state index contributed by atoms with van der Waals surface area (Å²) in [7, 11) is 0. The predicted molar refractivity (Wildman–Crippen MR) is 62.3 cm³/mol. The molecule has 0 aromatic carbocycles. The molecule has 0 aliphatic heterocycles. The topological polar surface area (TPSA) is 39.2 Å². The third-order valence-corrected chi connectivity index (χ3v) is 3.24. The molecule has 1 heterocycles. The molecule has 1 saturated carbocycles. The van der Waals surface area contributed by atoms with Gasteiger partial charge in [0.1, 0.15) is 5.76 Å². The Hall–Kier alpha value is -1.02. The molecule has 82 valence electrons. The second kappa shape index (κ2) is 5.17. The standard InChI is InChI=1S/C13H19NO/c14-10-12(9-13-7-4-8-15-13)11-5-2-1-3-6-11/h4,7-9,11H,1-3,5-6,10,14H2. The highest BCUT2D eigenvalue weighted by molar-refractivity contribution is 5.48. The van der Waals surface area contributed by atoms with Crippen LogP contribution in [0.1, 0.15) is 37.9 Å². The molecule has 2 N–H and O–H groups in total. The third kappa shape index (κ3) is 2.72. The monoisotopic (exact) mass is 205 g/mol. The smallest absolute Gasteiger partial charge is 0.126 e. The van der Waals surface area contributed by atoms with Gasteiger partial charge in [0, 0.05) is 6.54 Å². The van der Waals surface area contributed by atoms with Crippen molar-refractivity contribution in [2.45, 2.75) is 32.1 Å². The summed E-state index contributed by atoms with van der Waals surface area (Å²) in [5.74, 6) is 1.62. The van der Waals surface area contributed by atoms with Crippen molar-refractivity contribution in [2.24, 2.45) is 11.7 Å². The van der Waals surface area contributed by atoms with Crippen LogP contribution >= 0.6 is 0 Å². The first-order valence-electron chi connectivity index (χ1n) is 5.84. The van der Waals surface area contributed by atoms with Gasteiger partial charge in [-0.1, -0.05) is 19.3 Å². The van der Waals surface area contributed by atoms with Crippen molar-refractivity contribution < 1.29 is 4.42 Å². The molecule has 2 heteroatoms. The first-order valence-corrected chi connectivity index (χ1v) is 5.84. The zero-order valence-electron chi connectivity index (χ0n) is 9.11. The fourth-order valence-electron chi connectivity index (χ4n) is 2.37. The lowest BCUT2D eigenvalue weighted by Crippen LogP contribution is -2.15. The molecule has 0 atom stereocenters. The van der Waals surface area contributed by atoms with Gasteiger partial charge in [-0.2, -0.15) is 0 Å². The van der Waals surface area contributed by atoms with Crippen LogP contribution in [0.4, 0.5) is 0 Å². The van der Waals surface area contributed by atoms with Crippen molar-refractivity contribution >= 4 is 6.08 Å². The summed E-state index contributed by atoms with van der Waals surface area (Å²) in [6.07, 6.45) is 10.5. The highest BCUT2D eigenvalue weighted by atomic mass is 16.3. The van der Waals surface area contributed by atoms with Crippen LogP contribution in [-0.4, -0.2) is 6.54 Å². The molecule has 0 saturated heterocycles. The van der Waals surface area contributed by atoms with Gasteiger partial charge in [-0.25, -0.2) is 0 Å². The number of hydrogen-bond acceptors (Lipinski definition) is 2. The number of rotatable bonds is 3. The Bertz CT molecular complexity index is 307. The molecule has 15 heavy (non-hydrogen) atoms. The van der Waals surface area contributed by atoms with Crippen molar-refractivity contribution in [1.82, 2.24) is 0 Å². The number of hydrogen-bond donors (Lipinski definition) is 1. The Balaban J connectivity index is 2.08. The van der Waals surface area contributed by atoms with Crippen molar-refractivity contribution in [1.29, 1.82) is 0 Å². The van der Waals surface area contributed by atoms with E-state index in [1.54, 1.807) is 6.26 Å². The molecular formula is C13H19NO. The minimum absolute atomic E-state index is 0.658. The van der Waals surface area contributed by atoms with E-state index in [9.17, 15) is 0 Å². The molecule has 1 aromatic rings. The van der Waals surface area contributed by atoms with Gasteiger partial charge in [-0.3, -0.25) is 0 Å². The van der Waals surface area contributed by atoms with Crippen LogP contribution in [0.5, 0.6) is 0 Å². The Kier molecular flexibility index (Phi) is 3.62. The summed E-state index contributed by atoms with van der Waals surface area (Å²) in [5, 5.41) is 0. The van der Waals surface area contributed by atoms with Crippen LogP contribution in [0.15, 0.2) is 28.4 Å². The Morgan fingerprint density at radius 2 is 2.20 bits per heavy atom. The second-order valence-corrected chi connectivity index (χ2v) is 4.27. The fraction of sp³-hybridized carbons (Fsp3) is 0.538. The van der Waals surface area contributed by atoms with E-state index >= 15 is 0 Å². The highest BCUT2D eigenvalue weighted by Gasteiger charge is 2.16.